The molecule has 1 saturated heterocycles. The number of rotatable bonds is 5. The van der Waals surface area contributed by atoms with Crippen LogP contribution in [0.1, 0.15) is 17.4 Å². The average Bonchev–Trinajstić information content (AvgIpc) is 3.24. The van der Waals surface area contributed by atoms with Crippen LogP contribution in [0.25, 0.3) is 11.6 Å². The van der Waals surface area contributed by atoms with E-state index in [2.05, 4.69) is 10.1 Å². The highest BCUT2D eigenvalue weighted by Gasteiger charge is 2.41. The highest BCUT2D eigenvalue weighted by atomic mass is 32.2. The monoisotopic (exact) mass is 375 g/mol. The molecule has 1 aromatic carbocycles. The SMILES string of the molecule is COc1ccc(C)cc1S(=O)(=O)N1CC(c2nc(-c3ccco3)no2)C1. The van der Waals surface area contributed by atoms with Crippen LogP contribution >= 0.6 is 0 Å². The number of aryl methyl sites for hydroxylation is 1. The van der Waals surface area contributed by atoms with E-state index in [-0.39, 0.29) is 23.9 Å². The second kappa shape index (κ2) is 6.26. The van der Waals surface area contributed by atoms with Gasteiger partial charge in [0.2, 0.25) is 21.7 Å². The minimum atomic E-state index is -3.64. The van der Waals surface area contributed by atoms with Gasteiger partial charge in [-0.25, -0.2) is 8.42 Å². The molecule has 1 aliphatic rings. The number of hydrogen-bond donors (Lipinski definition) is 0. The molecule has 8 nitrogen and oxygen atoms in total. The first-order valence-electron chi connectivity index (χ1n) is 8.01. The highest BCUT2D eigenvalue weighted by Crippen LogP contribution is 2.35. The number of aromatic nitrogens is 2. The van der Waals surface area contributed by atoms with Crippen molar-refractivity contribution in [3.63, 3.8) is 0 Å². The van der Waals surface area contributed by atoms with Crippen molar-refractivity contribution in [3.05, 3.63) is 48.0 Å². The number of hydrogen-bond acceptors (Lipinski definition) is 7. The summed E-state index contributed by atoms with van der Waals surface area (Å²) in [6, 6.07) is 8.55. The largest absolute Gasteiger partial charge is 0.495 e. The Bertz CT molecular complexity index is 1020. The molecule has 0 atom stereocenters. The Labute approximate surface area is 150 Å². The van der Waals surface area contributed by atoms with Crippen LogP contribution in [-0.4, -0.2) is 43.1 Å². The van der Waals surface area contributed by atoms with Crippen molar-refractivity contribution in [2.45, 2.75) is 17.7 Å². The minimum Gasteiger partial charge on any atom is -0.495 e. The van der Waals surface area contributed by atoms with Crippen LogP contribution in [0.5, 0.6) is 5.75 Å². The fourth-order valence-electron chi connectivity index (χ4n) is 2.82. The lowest BCUT2D eigenvalue weighted by Crippen LogP contribution is -2.48. The molecule has 3 heterocycles. The summed E-state index contributed by atoms with van der Waals surface area (Å²) in [5, 5.41) is 3.88. The number of methoxy groups -OCH3 is 1. The average molecular weight is 375 g/mol. The van der Waals surface area contributed by atoms with E-state index in [1.807, 2.05) is 13.0 Å². The molecule has 4 rings (SSSR count). The molecule has 0 N–H and O–H groups in total. The number of sulfonamides is 1. The second-order valence-electron chi connectivity index (χ2n) is 6.11. The van der Waals surface area contributed by atoms with Crippen LogP contribution in [0.2, 0.25) is 0 Å². The van der Waals surface area contributed by atoms with Gasteiger partial charge in [-0.1, -0.05) is 11.2 Å². The number of nitrogens with zero attached hydrogens (tertiary/aromatic N) is 3. The second-order valence-corrected chi connectivity index (χ2v) is 8.01. The third-order valence-corrected chi connectivity index (χ3v) is 6.17. The Morgan fingerprint density at radius 2 is 2.08 bits per heavy atom. The van der Waals surface area contributed by atoms with E-state index < -0.39 is 10.0 Å². The van der Waals surface area contributed by atoms with Crippen molar-refractivity contribution < 1.29 is 22.1 Å². The van der Waals surface area contributed by atoms with Gasteiger partial charge in [0.25, 0.3) is 0 Å². The van der Waals surface area contributed by atoms with E-state index >= 15 is 0 Å². The molecule has 0 amide bonds. The Morgan fingerprint density at radius 3 is 2.77 bits per heavy atom. The first-order valence-corrected chi connectivity index (χ1v) is 9.45. The summed E-state index contributed by atoms with van der Waals surface area (Å²) in [6.07, 6.45) is 1.53. The molecule has 2 aromatic heterocycles. The van der Waals surface area contributed by atoms with E-state index in [0.717, 1.165) is 5.56 Å². The third kappa shape index (κ3) is 2.78. The van der Waals surface area contributed by atoms with Crippen molar-refractivity contribution >= 4 is 10.0 Å². The lowest BCUT2D eigenvalue weighted by Gasteiger charge is -2.36. The van der Waals surface area contributed by atoms with Crippen LogP contribution in [-0.2, 0) is 10.0 Å². The molecule has 3 aromatic rings. The first-order chi connectivity index (χ1) is 12.5. The molecule has 0 radical (unpaired) electrons. The van der Waals surface area contributed by atoms with E-state index in [1.54, 1.807) is 24.3 Å². The predicted molar refractivity (Wildman–Crippen MR) is 91.2 cm³/mol. The lowest BCUT2D eigenvalue weighted by atomic mass is 10.0. The molecule has 1 fully saturated rings. The van der Waals surface area contributed by atoms with Gasteiger partial charge in [0.15, 0.2) is 5.76 Å². The summed E-state index contributed by atoms with van der Waals surface area (Å²) in [5.74, 6) is 1.45. The maximum absolute atomic E-state index is 12.9. The maximum atomic E-state index is 12.9. The third-order valence-electron chi connectivity index (χ3n) is 4.32. The van der Waals surface area contributed by atoms with Crippen molar-refractivity contribution in [1.29, 1.82) is 0 Å². The van der Waals surface area contributed by atoms with Crippen LogP contribution in [0.4, 0.5) is 0 Å². The Hall–Kier alpha value is -2.65. The van der Waals surface area contributed by atoms with E-state index in [9.17, 15) is 8.42 Å². The van der Waals surface area contributed by atoms with Gasteiger partial charge >= 0.3 is 0 Å². The van der Waals surface area contributed by atoms with Gasteiger partial charge in [0.1, 0.15) is 10.6 Å². The zero-order valence-electron chi connectivity index (χ0n) is 14.2. The summed E-state index contributed by atoms with van der Waals surface area (Å²) in [7, 11) is -2.19. The summed E-state index contributed by atoms with van der Waals surface area (Å²) in [6.45, 7) is 2.39. The van der Waals surface area contributed by atoms with Gasteiger partial charge in [-0.05, 0) is 36.8 Å². The fraction of sp³-hybridized carbons (Fsp3) is 0.294. The molecule has 26 heavy (non-hydrogen) atoms. The Balaban J connectivity index is 1.52. The van der Waals surface area contributed by atoms with Gasteiger partial charge in [0.05, 0.1) is 19.3 Å². The minimum absolute atomic E-state index is 0.142. The molecule has 0 bridgehead atoms. The molecular weight excluding hydrogens is 358 g/mol. The lowest BCUT2D eigenvalue weighted by molar-refractivity contribution is 0.216. The van der Waals surface area contributed by atoms with Crippen LogP contribution in [0.3, 0.4) is 0 Å². The van der Waals surface area contributed by atoms with Gasteiger partial charge in [-0.15, -0.1) is 0 Å². The smallest absolute Gasteiger partial charge is 0.246 e. The summed E-state index contributed by atoms with van der Waals surface area (Å²) in [4.78, 5) is 4.46. The number of ether oxygens (including phenoxy) is 1. The maximum Gasteiger partial charge on any atom is 0.246 e. The summed E-state index contributed by atoms with van der Waals surface area (Å²) < 4.78 is 42.8. The van der Waals surface area contributed by atoms with Gasteiger partial charge in [0, 0.05) is 13.1 Å². The van der Waals surface area contributed by atoms with Crippen molar-refractivity contribution in [1.82, 2.24) is 14.4 Å². The topological polar surface area (TPSA) is 98.7 Å². The molecule has 9 heteroatoms. The van der Waals surface area contributed by atoms with E-state index in [1.165, 1.54) is 17.7 Å². The zero-order valence-corrected chi connectivity index (χ0v) is 15.1. The summed E-state index contributed by atoms with van der Waals surface area (Å²) >= 11 is 0. The molecule has 0 saturated carbocycles. The van der Waals surface area contributed by atoms with Gasteiger partial charge < -0.3 is 13.7 Å². The van der Waals surface area contributed by atoms with E-state index in [4.69, 9.17) is 13.7 Å². The van der Waals surface area contributed by atoms with E-state index in [0.29, 0.717) is 23.2 Å². The van der Waals surface area contributed by atoms with Gasteiger partial charge in [-0.2, -0.15) is 9.29 Å². The molecule has 1 aliphatic heterocycles. The zero-order chi connectivity index (χ0) is 18.3. The quantitative estimate of drug-likeness (QED) is 0.675. The molecule has 0 spiro atoms. The number of furan rings is 1. The molecule has 0 unspecified atom stereocenters. The van der Waals surface area contributed by atoms with Gasteiger partial charge in [-0.3, -0.25) is 0 Å². The normalized spacial score (nSPS) is 15.8. The van der Waals surface area contributed by atoms with Crippen molar-refractivity contribution in [3.8, 4) is 17.3 Å². The standard InChI is InChI=1S/C17H17N3O5S/c1-11-5-6-13(23-2)15(8-11)26(21,22)20-9-12(10-20)17-18-16(19-25-17)14-4-3-7-24-14/h3-8,12H,9-10H2,1-2H3. The Morgan fingerprint density at radius 1 is 1.27 bits per heavy atom. The molecular formula is C17H17N3O5S. The number of benzene rings is 1. The predicted octanol–water partition coefficient (Wildman–Crippen LogP) is 2.43. The molecule has 0 aliphatic carbocycles. The van der Waals surface area contributed by atoms with Crippen molar-refractivity contribution in [2.75, 3.05) is 20.2 Å². The van der Waals surface area contributed by atoms with Crippen LogP contribution < -0.4 is 4.74 Å². The Kier molecular flexibility index (Phi) is 4.04. The van der Waals surface area contributed by atoms with Crippen LogP contribution in [0, 0.1) is 6.92 Å². The highest BCUT2D eigenvalue weighted by molar-refractivity contribution is 7.89. The first kappa shape index (κ1) is 16.8. The fourth-order valence-corrected chi connectivity index (χ4v) is 4.59. The summed E-state index contributed by atoms with van der Waals surface area (Å²) in [5.41, 5.74) is 0.849. The molecule has 136 valence electrons. The van der Waals surface area contributed by atoms with Crippen molar-refractivity contribution in [2.24, 2.45) is 0 Å². The van der Waals surface area contributed by atoms with Crippen LogP contribution in [0.15, 0.2) is 50.4 Å².